The van der Waals surface area contributed by atoms with Crippen LogP contribution >= 0.6 is 22.9 Å². The topological polar surface area (TPSA) is 89.0 Å². The second kappa shape index (κ2) is 5.65. The van der Waals surface area contributed by atoms with Gasteiger partial charge >= 0.3 is 5.69 Å². The molecular formula is C11H6ClN3O3S. The Labute approximate surface area is 117 Å². The van der Waals surface area contributed by atoms with Crippen molar-refractivity contribution in [3.63, 3.8) is 0 Å². The molecule has 0 saturated heterocycles. The van der Waals surface area contributed by atoms with Crippen molar-refractivity contribution < 1.29 is 9.66 Å². The summed E-state index contributed by atoms with van der Waals surface area (Å²) >= 11 is 6.91. The molecule has 2 rings (SSSR count). The fourth-order valence-corrected chi connectivity index (χ4v) is 2.24. The van der Waals surface area contributed by atoms with E-state index in [2.05, 4.69) is 4.98 Å². The third-order valence-electron chi connectivity index (χ3n) is 2.18. The molecule has 0 amide bonds. The van der Waals surface area contributed by atoms with Crippen molar-refractivity contribution in [1.29, 1.82) is 5.26 Å². The Balaban J connectivity index is 2.20. The van der Waals surface area contributed by atoms with Crippen LogP contribution in [0.4, 0.5) is 5.69 Å². The number of nitriles is 1. The number of nitro groups is 1. The monoisotopic (exact) mass is 295 g/mol. The molecule has 0 saturated carbocycles. The van der Waals surface area contributed by atoms with Crippen molar-refractivity contribution in [3.8, 4) is 11.8 Å². The molecule has 0 unspecified atom stereocenters. The number of benzene rings is 1. The Bertz CT molecular complexity index is 665. The summed E-state index contributed by atoms with van der Waals surface area (Å²) in [7, 11) is 0. The number of hydrogen-bond acceptors (Lipinski definition) is 6. The first kappa shape index (κ1) is 13.3. The standard InChI is InChI=1S/C11H6ClN3O3S/c12-11-14-5-8(19-11)6-18-10-2-1-7(4-13)3-9(10)15(16)17/h1-3,5H,6H2. The molecule has 19 heavy (non-hydrogen) atoms. The summed E-state index contributed by atoms with van der Waals surface area (Å²) < 4.78 is 5.74. The lowest BCUT2D eigenvalue weighted by atomic mass is 10.2. The molecular weight excluding hydrogens is 290 g/mol. The number of halogens is 1. The predicted molar refractivity (Wildman–Crippen MR) is 69.3 cm³/mol. The minimum atomic E-state index is -0.587. The molecule has 0 N–H and O–H groups in total. The maximum absolute atomic E-state index is 10.9. The van der Waals surface area contributed by atoms with E-state index in [-0.39, 0.29) is 23.6 Å². The van der Waals surface area contributed by atoms with Gasteiger partial charge in [-0.05, 0) is 12.1 Å². The van der Waals surface area contributed by atoms with E-state index in [1.807, 2.05) is 6.07 Å². The molecule has 0 aliphatic rings. The molecule has 1 aromatic heterocycles. The Morgan fingerprint density at radius 3 is 2.95 bits per heavy atom. The van der Waals surface area contributed by atoms with Gasteiger partial charge in [0.25, 0.3) is 0 Å². The van der Waals surface area contributed by atoms with Crippen LogP contribution in [0, 0.1) is 21.4 Å². The first-order valence-corrected chi connectivity index (χ1v) is 6.21. The van der Waals surface area contributed by atoms with Crippen molar-refractivity contribution in [3.05, 3.63) is 49.4 Å². The van der Waals surface area contributed by atoms with Crippen molar-refractivity contribution in [2.45, 2.75) is 6.61 Å². The number of ether oxygens (including phenoxy) is 1. The van der Waals surface area contributed by atoms with E-state index in [1.54, 1.807) is 6.20 Å². The zero-order valence-corrected chi connectivity index (χ0v) is 10.9. The normalized spacial score (nSPS) is 9.89. The maximum atomic E-state index is 10.9. The van der Waals surface area contributed by atoms with Gasteiger partial charge in [-0.2, -0.15) is 5.26 Å². The largest absolute Gasteiger partial charge is 0.481 e. The summed E-state index contributed by atoms with van der Waals surface area (Å²) in [6.07, 6.45) is 1.54. The highest BCUT2D eigenvalue weighted by atomic mass is 35.5. The summed E-state index contributed by atoms with van der Waals surface area (Å²) in [5, 5.41) is 19.6. The molecule has 1 aromatic carbocycles. The minimum absolute atomic E-state index is 0.105. The van der Waals surface area contributed by atoms with Gasteiger partial charge in [0, 0.05) is 12.3 Å². The highest BCUT2D eigenvalue weighted by Crippen LogP contribution is 2.29. The van der Waals surface area contributed by atoms with Gasteiger partial charge in [0.05, 0.1) is 21.4 Å². The summed E-state index contributed by atoms with van der Waals surface area (Å²) in [6.45, 7) is 0.136. The second-order valence-corrected chi connectivity index (χ2v) is 5.12. The molecule has 8 heteroatoms. The molecule has 6 nitrogen and oxygen atoms in total. The molecule has 0 atom stereocenters. The molecule has 0 spiro atoms. The number of hydrogen-bond donors (Lipinski definition) is 0. The highest BCUT2D eigenvalue weighted by Gasteiger charge is 2.16. The van der Waals surface area contributed by atoms with Gasteiger partial charge in [-0.15, -0.1) is 11.3 Å². The van der Waals surface area contributed by atoms with Crippen molar-refractivity contribution in [2.24, 2.45) is 0 Å². The molecule has 1 heterocycles. The molecule has 0 fully saturated rings. The fraction of sp³-hybridized carbons (Fsp3) is 0.0909. The number of aromatic nitrogens is 1. The van der Waals surface area contributed by atoms with E-state index in [0.29, 0.717) is 4.47 Å². The smallest absolute Gasteiger partial charge is 0.312 e. The van der Waals surface area contributed by atoms with Crippen LogP contribution in [0.25, 0.3) is 0 Å². The summed E-state index contributed by atoms with van der Waals surface area (Å²) in [4.78, 5) is 14.9. The Morgan fingerprint density at radius 1 is 1.58 bits per heavy atom. The van der Waals surface area contributed by atoms with Crippen LogP contribution in [0.5, 0.6) is 5.75 Å². The Morgan fingerprint density at radius 2 is 2.37 bits per heavy atom. The van der Waals surface area contributed by atoms with Gasteiger partial charge in [-0.1, -0.05) is 11.6 Å². The van der Waals surface area contributed by atoms with Gasteiger partial charge in [0.2, 0.25) is 0 Å². The quantitative estimate of drug-likeness (QED) is 0.638. The van der Waals surface area contributed by atoms with E-state index < -0.39 is 4.92 Å². The zero-order chi connectivity index (χ0) is 13.8. The van der Waals surface area contributed by atoms with Crippen LogP contribution < -0.4 is 4.74 Å². The summed E-state index contributed by atoms with van der Waals surface area (Å²) in [5.41, 5.74) is -0.0328. The van der Waals surface area contributed by atoms with Crippen LogP contribution in [-0.4, -0.2) is 9.91 Å². The molecule has 0 bridgehead atoms. The van der Waals surface area contributed by atoms with Crippen molar-refractivity contribution in [1.82, 2.24) is 4.98 Å². The highest BCUT2D eigenvalue weighted by molar-refractivity contribution is 7.15. The first-order valence-electron chi connectivity index (χ1n) is 5.01. The average molecular weight is 296 g/mol. The molecule has 0 aliphatic carbocycles. The summed E-state index contributed by atoms with van der Waals surface area (Å²) in [6, 6.07) is 5.88. The van der Waals surface area contributed by atoms with Gasteiger partial charge in [-0.3, -0.25) is 10.1 Å². The number of nitro benzene ring substituents is 1. The van der Waals surface area contributed by atoms with Gasteiger partial charge < -0.3 is 4.74 Å². The van der Waals surface area contributed by atoms with Crippen LogP contribution in [0.1, 0.15) is 10.4 Å². The average Bonchev–Trinajstić information content (AvgIpc) is 2.82. The molecule has 96 valence electrons. The van der Waals surface area contributed by atoms with Crippen molar-refractivity contribution in [2.75, 3.05) is 0 Å². The van der Waals surface area contributed by atoms with Crippen LogP contribution in [-0.2, 0) is 6.61 Å². The van der Waals surface area contributed by atoms with Crippen LogP contribution in [0.2, 0.25) is 4.47 Å². The van der Waals surface area contributed by atoms with Crippen LogP contribution in [0.3, 0.4) is 0 Å². The molecule has 0 radical (unpaired) electrons. The van der Waals surface area contributed by atoms with E-state index in [4.69, 9.17) is 21.6 Å². The number of rotatable bonds is 4. The van der Waals surface area contributed by atoms with Gasteiger partial charge in [-0.25, -0.2) is 4.98 Å². The maximum Gasteiger partial charge on any atom is 0.312 e. The first-order chi connectivity index (χ1) is 9.10. The SMILES string of the molecule is N#Cc1ccc(OCc2cnc(Cl)s2)c([N+](=O)[O-])c1. The molecule has 2 aromatic rings. The fourth-order valence-electron chi connectivity index (χ4n) is 1.35. The third kappa shape index (κ3) is 3.19. The zero-order valence-electron chi connectivity index (χ0n) is 9.37. The van der Waals surface area contributed by atoms with Crippen LogP contribution in [0.15, 0.2) is 24.4 Å². The van der Waals surface area contributed by atoms with E-state index in [1.165, 1.54) is 29.5 Å². The van der Waals surface area contributed by atoms with E-state index in [9.17, 15) is 10.1 Å². The van der Waals surface area contributed by atoms with Crippen molar-refractivity contribution >= 4 is 28.6 Å². The molecule has 0 aliphatic heterocycles. The van der Waals surface area contributed by atoms with E-state index in [0.717, 1.165) is 4.88 Å². The van der Waals surface area contributed by atoms with E-state index >= 15 is 0 Å². The third-order valence-corrected chi connectivity index (χ3v) is 3.27. The number of nitrogens with zero attached hydrogens (tertiary/aromatic N) is 3. The second-order valence-electron chi connectivity index (χ2n) is 3.42. The summed E-state index contributed by atoms with van der Waals surface area (Å²) in [5.74, 6) is 0.105. The lowest BCUT2D eigenvalue weighted by Crippen LogP contribution is -1.98. The predicted octanol–water partition coefficient (Wildman–Crippen LogP) is 3.16. The Hall–Kier alpha value is -2.17. The van der Waals surface area contributed by atoms with Gasteiger partial charge in [0.1, 0.15) is 6.61 Å². The van der Waals surface area contributed by atoms with Gasteiger partial charge in [0.15, 0.2) is 10.2 Å². The Kier molecular flexibility index (Phi) is 3.94. The minimum Gasteiger partial charge on any atom is -0.481 e. The number of thiazole rings is 1. The lowest BCUT2D eigenvalue weighted by molar-refractivity contribution is -0.386. The lowest BCUT2D eigenvalue weighted by Gasteiger charge is -2.05.